The number of halogens is 1. The maximum absolute atomic E-state index is 9.77. The molecule has 0 spiro atoms. The van der Waals surface area contributed by atoms with E-state index in [2.05, 4.69) is 15.9 Å². The second kappa shape index (κ2) is 6.50. The summed E-state index contributed by atoms with van der Waals surface area (Å²) >= 11 is 3.41. The fourth-order valence-corrected chi connectivity index (χ4v) is 2.92. The number of hydrogen-bond donors (Lipinski definition) is 1. The van der Waals surface area contributed by atoms with E-state index in [1.54, 1.807) is 0 Å². The summed E-state index contributed by atoms with van der Waals surface area (Å²) in [6, 6.07) is 13.6. The smallest absolute Gasteiger partial charge is 0.122 e. The van der Waals surface area contributed by atoms with Crippen molar-refractivity contribution in [2.24, 2.45) is 0 Å². The summed E-state index contributed by atoms with van der Waals surface area (Å²) in [6.45, 7) is 0.990. The maximum atomic E-state index is 9.77. The highest BCUT2D eigenvalue weighted by Gasteiger charge is 2.20. The first kappa shape index (κ1) is 14.4. The Morgan fingerprint density at radius 2 is 1.81 bits per heavy atom. The van der Waals surface area contributed by atoms with Gasteiger partial charge in [0.25, 0.3) is 0 Å². The van der Waals surface area contributed by atoms with E-state index in [-0.39, 0.29) is 6.10 Å². The third-order valence-electron chi connectivity index (χ3n) is 3.58. The minimum atomic E-state index is -0.311. The highest BCUT2D eigenvalue weighted by atomic mass is 79.9. The van der Waals surface area contributed by atoms with Crippen LogP contribution in [0.15, 0.2) is 46.9 Å². The van der Waals surface area contributed by atoms with E-state index in [1.165, 1.54) is 5.56 Å². The molecule has 0 aromatic heterocycles. The minimum absolute atomic E-state index is 0.311. The zero-order valence-corrected chi connectivity index (χ0v) is 13.2. The first-order valence-corrected chi connectivity index (χ1v) is 7.84. The van der Waals surface area contributed by atoms with Gasteiger partial charge in [0.05, 0.1) is 6.10 Å². The van der Waals surface area contributed by atoms with Crippen LogP contribution in [0.2, 0.25) is 0 Å². The van der Waals surface area contributed by atoms with Gasteiger partial charge < -0.3 is 14.6 Å². The van der Waals surface area contributed by atoms with Gasteiger partial charge in [-0.1, -0.05) is 28.1 Å². The molecule has 0 heterocycles. The lowest BCUT2D eigenvalue weighted by Crippen LogP contribution is -2.09. The third-order valence-corrected chi connectivity index (χ3v) is 4.07. The first-order valence-electron chi connectivity index (χ1n) is 7.04. The van der Waals surface area contributed by atoms with Crippen LogP contribution in [-0.2, 0) is 6.42 Å². The molecule has 1 atom stereocenters. The summed E-state index contributed by atoms with van der Waals surface area (Å²) in [5.41, 5.74) is 2.22. The molecule has 1 aliphatic rings. The average Bonchev–Trinajstić information content (AvgIpc) is 2.85. The Hall–Kier alpha value is -1.52. The fourth-order valence-electron chi connectivity index (χ4n) is 2.54. The molecule has 3 nitrogen and oxygen atoms in total. The van der Waals surface area contributed by atoms with E-state index in [9.17, 15) is 5.11 Å². The van der Waals surface area contributed by atoms with E-state index in [4.69, 9.17) is 9.47 Å². The molecule has 0 bridgehead atoms. The highest BCUT2D eigenvalue weighted by molar-refractivity contribution is 9.10. The molecular formula is C17H17BrO3. The molecule has 21 heavy (non-hydrogen) atoms. The van der Waals surface area contributed by atoms with Crippen molar-refractivity contribution in [3.63, 3.8) is 0 Å². The molecular weight excluding hydrogens is 332 g/mol. The number of aryl methyl sites for hydroxylation is 1. The Morgan fingerprint density at radius 1 is 1.05 bits per heavy atom. The molecule has 3 rings (SSSR count). The molecule has 0 aliphatic heterocycles. The van der Waals surface area contributed by atoms with Crippen LogP contribution in [0, 0.1) is 0 Å². The van der Waals surface area contributed by atoms with Crippen molar-refractivity contribution < 1.29 is 14.6 Å². The fraction of sp³-hybridized carbons (Fsp3) is 0.294. The summed E-state index contributed by atoms with van der Waals surface area (Å²) in [7, 11) is 0. The summed E-state index contributed by atoms with van der Waals surface area (Å²) in [4.78, 5) is 0. The van der Waals surface area contributed by atoms with Gasteiger partial charge in [0.15, 0.2) is 0 Å². The Labute approximate surface area is 132 Å². The lowest BCUT2D eigenvalue weighted by molar-refractivity contribution is 0.180. The molecule has 0 saturated heterocycles. The van der Waals surface area contributed by atoms with Crippen LogP contribution < -0.4 is 9.47 Å². The van der Waals surface area contributed by atoms with Crippen LogP contribution in [-0.4, -0.2) is 18.3 Å². The minimum Gasteiger partial charge on any atom is -0.490 e. The molecule has 4 heteroatoms. The molecule has 2 aromatic rings. The zero-order valence-electron chi connectivity index (χ0n) is 11.6. The molecule has 2 aromatic carbocycles. The Balaban J connectivity index is 1.50. The summed E-state index contributed by atoms with van der Waals surface area (Å²) in [5.74, 6) is 1.66. The predicted molar refractivity (Wildman–Crippen MR) is 84.9 cm³/mol. The van der Waals surface area contributed by atoms with Crippen molar-refractivity contribution >= 4 is 15.9 Å². The lowest BCUT2D eigenvalue weighted by Gasteiger charge is -2.10. The van der Waals surface area contributed by atoms with E-state index < -0.39 is 0 Å². The summed E-state index contributed by atoms with van der Waals surface area (Å²) < 4.78 is 12.3. The number of ether oxygens (including phenoxy) is 2. The van der Waals surface area contributed by atoms with Crippen molar-refractivity contribution in [2.75, 3.05) is 13.2 Å². The van der Waals surface area contributed by atoms with Crippen molar-refractivity contribution in [1.82, 2.24) is 0 Å². The van der Waals surface area contributed by atoms with E-state index in [0.29, 0.717) is 13.2 Å². The molecule has 1 aliphatic carbocycles. The van der Waals surface area contributed by atoms with Gasteiger partial charge in [-0.2, -0.15) is 0 Å². The Morgan fingerprint density at radius 3 is 2.57 bits per heavy atom. The second-order valence-corrected chi connectivity index (χ2v) is 5.99. The van der Waals surface area contributed by atoms with Gasteiger partial charge in [-0.25, -0.2) is 0 Å². The number of aliphatic hydroxyl groups is 1. The Kier molecular flexibility index (Phi) is 4.46. The van der Waals surface area contributed by atoms with Crippen LogP contribution in [0.5, 0.6) is 11.5 Å². The molecule has 0 saturated carbocycles. The van der Waals surface area contributed by atoms with Gasteiger partial charge in [0.2, 0.25) is 0 Å². The molecule has 110 valence electrons. The maximum Gasteiger partial charge on any atom is 0.122 e. The van der Waals surface area contributed by atoms with Gasteiger partial charge in [0, 0.05) is 4.47 Å². The van der Waals surface area contributed by atoms with Crippen LogP contribution in [0.4, 0.5) is 0 Å². The van der Waals surface area contributed by atoms with Gasteiger partial charge in [-0.05, 0) is 54.3 Å². The monoisotopic (exact) mass is 348 g/mol. The van der Waals surface area contributed by atoms with Crippen LogP contribution in [0.1, 0.15) is 23.7 Å². The SMILES string of the molecule is O[C@H]1CCc2cc(OCCOc3cccc(Br)c3)ccc21. The first-order chi connectivity index (χ1) is 10.2. The largest absolute Gasteiger partial charge is 0.490 e. The summed E-state index contributed by atoms with van der Waals surface area (Å²) in [5, 5.41) is 9.77. The van der Waals surface area contributed by atoms with E-state index >= 15 is 0 Å². The molecule has 0 unspecified atom stereocenters. The van der Waals surface area contributed by atoms with Gasteiger partial charge in [-0.15, -0.1) is 0 Å². The number of rotatable bonds is 5. The van der Waals surface area contributed by atoms with Crippen LogP contribution in [0.25, 0.3) is 0 Å². The topological polar surface area (TPSA) is 38.7 Å². The van der Waals surface area contributed by atoms with Crippen LogP contribution in [0.3, 0.4) is 0 Å². The number of fused-ring (bicyclic) bond motifs is 1. The predicted octanol–water partition coefficient (Wildman–Crippen LogP) is 3.89. The van der Waals surface area contributed by atoms with Crippen molar-refractivity contribution in [2.45, 2.75) is 18.9 Å². The van der Waals surface area contributed by atoms with Gasteiger partial charge >= 0.3 is 0 Å². The standard InChI is InChI=1S/C17H17BrO3/c18-13-2-1-3-14(11-13)20-8-9-21-15-5-6-16-12(10-15)4-7-17(16)19/h1-3,5-6,10-11,17,19H,4,7-9H2/t17-/m0/s1. The molecule has 0 amide bonds. The molecule has 0 radical (unpaired) electrons. The van der Waals surface area contributed by atoms with E-state index in [0.717, 1.165) is 34.4 Å². The summed E-state index contributed by atoms with van der Waals surface area (Å²) in [6.07, 6.45) is 1.42. The van der Waals surface area contributed by atoms with Crippen LogP contribution >= 0.6 is 15.9 Å². The normalized spacial score (nSPS) is 16.6. The highest BCUT2D eigenvalue weighted by Crippen LogP contribution is 2.33. The second-order valence-electron chi connectivity index (χ2n) is 5.07. The number of benzene rings is 2. The quantitative estimate of drug-likeness (QED) is 0.833. The number of aliphatic hydroxyl groups excluding tert-OH is 1. The van der Waals surface area contributed by atoms with Gasteiger partial charge in [0.1, 0.15) is 24.7 Å². The van der Waals surface area contributed by atoms with Crippen molar-refractivity contribution in [3.8, 4) is 11.5 Å². The van der Waals surface area contributed by atoms with E-state index in [1.807, 2.05) is 42.5 Å². The van der Waals surface area contributed by atoms with Gasteiger partial charge in [-0.3, -0.25) is 0 Å². The molecule has 0 fully saturated rings. The lowest BCUT2D eigenvalue weighted by atomic mass is 10.1. The average molecular weight is 349 g/mol. The van der Waals surface area contributed by atoms with Crippen molar-refractivity contribution in [1.29, 1.82) is 0 Å². The molecule has 1 N–H and O–H groups in total. The third kappa shape index (κ3) is 3.57. The zero-order chi connectivity index (χ0) is 14.7. The number of hydrogen-bond acceptors (Lipinski definition) is 3. The van der Waals surface area contributed by atoms with Crippen molar-refractivity contribution in [3.05, 3.63) is 58.1 Å². The Bertz CT molecular complexity index is 627.